The molecule has 0 unspecified atom stereocenters. The zero-order valence-corrected chi connectivity index (χ0v) is 12.5. The molecule has 0 aromatic carbocycles. The highest BCUT2D eigenvalue weighted by Crippen LogP contribution is 2.29. The average molecular weight is 297 g/mol. The summed E-state index contributed by atoms with van der Waals surface area (Å²) in [6.07, 6.45) is 4.46. The van der Waals surface area contributed by atoms with Crippen molar-refractivity contribution < 1.29 is 8.42 Å². The van der Waals surface area contributed by atoms with E-state index in [0.717, 1.165) is 5.01 Å². The topological polar surface area (TPSA) is 72.0 Å². The molecule has 2 rings (SSSR count). The Labute approximate surface area is 116 Å². The molecule has 0 saturated heterocycles. The Morgan fingerprint density at radius 2 is 2.00 bits per heavy atom. The van der Waals surface area contributed by atoms with Gasteiger partial charge in [-0.15, -0.1) is 11.3 Å². The number of thiazole rings is 1. The van der Waals surface area contributed by atoms with E-state index >= 15 is 0 Å². The van der Waals surface area contributed by atoms with Gasteiger partial charge in [0.2, 0.25) is 0 Å². The Bertz CT molecular complexity index is 664. The van der Waals surface area contributed by atoms with Crippen LogP contribution in [0.5, 0.6) is 0 Å². The average Bonchev–Trinajstić information content (AvgIpc) is 2.81. The van der Waals surface area contributed by atoms with Crippen LogP contribution in [0.1, 0.15) is 18.9 Å². The number of sulfone groups is 1. The standard InChI is InChI=1S/C12H15N3O2S2/c1-12(2,11-14-7-8-18-11)15-10-9(19(3,16)17)5-4-6-13-10/h4-8H,1-3H3,(H,13,15). The van der Waals surface area contributed by atoms with Crippen LogP contribution < -0.4 is 5.32 Å². The first-order valence-corrected chi connectivity index (χ1v) is 8.41. The SMILES string of the molecule is CC(C)(Nc1ncccc1S(C)(=O)=O)c1nccs1. The predicted octanol–water partition coefficient (Wildman–Crippen LogP) is 2.29. The van der Waals surface area contributed by atoms with Crippen LogP contribution in [0, 0.1) is 0 Å². The van der Waals surface area contributed by atoms with Gasteiger partial charge in [-0.3, -0.25) is 0 Å². The first-order chi connectivity index (χ1) is 8.81. The fourth-order valence-electron chi connectivity index (χ4n) is 1.67. The molecule has 0 atom stereocenters. The fourth-order valence-corrected chi connectivity index (χ4v) is 3.16. The van der Waals surface area contributed by atoms with Crippen LogP contribution in [0.3, 0.4) is 0 Å². The van der Waals surface area contributed by atoms with Crippen molar-refractivity contribution in [2.24, 2.45) is 0 Å². The minimum atomic E-state index is -3.32. The van der Waals surface area contributed by atoms with Gasteiger partial charge in [0.05, 0.1) is 5.54 Å². The van der Waals surface area contributed by atoms with Gasteiger partial charge in [0.15, 0.2) is 9.84 Å². The lowest BCUT2D eigenvalue weighted by Crippen LogP contribution is -2.29. The lowest BCUT2D eigenvalue weighted by molar-refractivity contribution is 0.590. The van der Waals surface area contributed by atoms with E-state index in [1.54, 1.807) is 24.5 Å². The third kappa shape index (κ3) is 3.10. The third-order valence-corrected chi connectivity index (χ3v) is 4.79. The van der Waals surface area contributed by atoms with Gasteiger partial charge in [-0.25, -0.2) is 18.4 Å². The molecule has 5 nitrogen and oxygen atoms in total. The lowest BCUT2D eigenvalue weighted by atomic mass is 10.1. The van der Waals surface area contributed by atoms with Crippen molar-refractivity contribution in [3.05, 3.63) is 34.9 Å². The van der Waals surface area contributed by atoms with Crippen LogP contribution in [0.25, 0.3) is 0 Å². The molecule has 0 aliphatic heterocycles. The highest BCUT2D eigenvalue weighted by atomic mass is 32.2. The molecule has 0 bridgehead atoms. The number of pyridine rings is 1. The Morgan fingerprint density at radius 3 is 2.58 bits per heavy atom. The first kappa shape index (κ1) is 14.0. The summed E-state index contributed by atoms with van der Waals surface area (Å²) < 4.78 is 23.5. The van der Waals surface area contributed by atoms with E-state index in [0.29, 0.717) is 5.82 Å². The van der Waals surface area contributed by atoms with Crippen molar-refractivity contribution in [1.29, 1.82) is 0 Å². The highest BCUT2D eigenvalue weighted by molar-refractivity contribution is 7.90. The van der Waals surface area contributed by atoms with Crippen LogP contribution in [0.4, 0.5) is 5.82 Å². The van der Waals surface area contributed by atoms with E-state index in [2.05, 4.69) is 15.3 Å². The van der Waals surface area contributed by atoms with E-state index in [1.165, 1.54) is 17.6 Å². The zero-order valence-electron chi connectivity index (χ0n) is 10.9. The Hall–Kier alpha value is -1.47. The molecule has 2 aromatic heterocycles. The Morgan fingerprint density at radius 1 is 1.26 bits per heavy atom. The maximum absolute atomic E-state index is 11.7. The van der Waals surface area contributed by atoms with Gasteiger partial charge in [0.25, 0.3) is 0 Å². The van der Waals surface area contributed by atoms with Crippen LogP contribution in [-0.2, 0) is 15.4 Å². The second kappa shape index (κ2) is 4.90. The summed E-state index contributed by atoms with van der Waals surface area (Å²) >= 11 is 1.51. The van der Waals surface area contributed by atoms with Crippen LogP contribution in [-0.4, -0.2) is 24.6 Å². The smallest absolute Gasteiger partial charge is 0.179 e. The Kier molecular flexibility index (Phi) is 3.60. The summed E-state index contributed by atoms with van der Waals surface area (Å²) in [5.74, 6) is 0.352. The number of nitrogens with zero attached hydrogens (tertiary/aromatic N) is 2. The lowest BCUT2D eigenvalue weighted by Gasteiger charge is -2.25. The molecule has 19 heavy (non-hydrogen) atoms. The molecule has 1 N–H and O–H groups in total. The number of nitrogens with one attached hydrogen (secondary N) is 1. The van der Waals surface area contributed by atoms with Crippen molar-refractivity contribution in [3.8, 4) is 0 Å². The van der Waals surface area contributed by atoms with Crippen molar-refractivity contribution in [1.82, 2.24) is 9.97 Å². The summed E-state index contributed by atoms with van der Waals surface area (Å²) in [6, 6.07) is 3.15. The number of aromatic nitrogens is 2. The number of rotatable bonds is 4. The molecule has 0 fully saturated rings. The summed E-state index contributed by atoms with van der Waals surface area (Å²) in [6.45, 7) is 3.87. The van der Waals surface area contributed by atoms with Crippen molar-refractivity contribution >= 4 is 27.0 Å². The molecule has 0 spiro atoms. The van der Waals surface area contributed by atoms with Crippen molar-refractivity contribution in [3.63, 3.8) is 0 Å². The highest BCUT2D eigenvalue weighted by Gasteiger charge is 2.26. The summed E-state index contributed by atoms with van der Waals surface area (Å²) in [5.41, 5.74) is -0.484. The molecule has 2 aromatic rings. The van der Waals surface area contributed by atoms with Gasteiger partial charge in [-0.2, -0.15) is 0 Å². The molecule has 0 aliphatic carbocycles. The van der Waals surface area contributed by atoms with E-state index in [9.17, 15) is 8.42 Å². The molecule has 0 radical (unpaired) electrons. The maximum atomic E-state index is 11.7. The quantitative estimate of drug-likeness (QED) is 0.937. The number of hydrogen-bond donors (Lipinski definition) is 1. The largest absolute Gasteiger partial charge is 0.358 e. The van der Waals surface area contributed by atoms with Crippen molar-refractivity contribution in [2.75, 3.05) is 11.6 Å². The van der Waals surface area contributed by atoms with Gasteiger partial charge in [-0.05, 0) is 26.0 Å². The van der Waals surface area contributed by atoms with E-state index < -0.39 is 15.4 Å². The van der Waals surface area contributed by atoms with E-state index in [4.69, 9.17) is 0 Å². The predicted molar refractivity (Wildman–Crippen MR) is 76.1 cm³/mol. The zero-order chi connectivity index (χ0) is 14.1. The second-order valence-corrected chi connectivity index (χ2v) is 7.59. The van der Waals surface area contributed by atoms with Gasteiger partial charge < -0.3 is 5.32 Å². The third-order valence-electron chi connectivity index (χ3n) is 2.57. The molecule has 102 valence electrons. The monoisotopic (exact) mass is 297 g/mol. The van der Waals surface area contributed by atoms with Crippen LogP contribution >= 0.6 is 11.3 Å². The molecular formula is C12H15N3O2S2. The van der Waals surface area contributed by atoms with Gasteiger partial charge in [-0.1, -0.05) is 0 Å². The van der Waals surface area contributed by atoms with Gasteiger partial charge >= 0.3 is 0 Å². The summed E-state index contributed by atoms with van der Waals surface area (Å²) in [5, 5.41) is 5.91. The first-order valence-electron chi connectivity index (χ1n) is 5.64. The molecule has 2 heterocycles. The number of anilines is 1. The minimum Gasteiger partial charge on any atom is -0.358 e. The summed E-state index contributed by atoms with van der Waals surface area (Å²) in [7, 11) is -3.32. The van der Waals surface area contributed by atoms with Crippen molar-refractivity contribution in [2.45, 2.75) is 24.3 Å². The van der Waals surface area contributed by atoms with Crippen LogP contribution in [0.2, 0.25) is 0 Å². The molecule has 0 amide bonds. The van der Waals surface area contributed by atoms with Gasteiger partial charge in [0, 0.05) is 24.0 Å². The molecule has 0 saturated carbocycles. The Balaban J connectivity index is 2.40. The summed E-state index contributed by atoms with van der Waals surface area (Å²) in [4.78, 5) is 8.58. The minimum absolute atomic E-state index is 0.194. The number of hydrogen-bond acceptors (Lipinski definition) is 6. The van der Waals surface area contributed by atoms with E-state index in [1.807, 2.05) is 19.2 Å². The molecular weight excluding hydrogens is 282 g/mol. The van der Waals surface area contributed by atoms with Crippen LogP contribution in [0.15, 0.2) is 34.8 Å². The maximum Gasteiger partial charge on any atom is 0.179 e. The van der Waals surface area contributed by atoms with E-state index in [-0.39, 0.29) is 4.90 Å². The van der Waals surface area contributed by atoms with Gasteiger partial charge in [0.1, 0.15) is 15.7 Å². The molecule has 0 aliphatic rings. The normalized spacial score (nSPS) is 12.4. The fraction of sp³-hybridized carbons (Fsp3) is 0.333. The second-order valence-electron chi connectivity index (χ2n) is 4.71. The molecule has 7 heteroatoms.